The fraction of sp³-hybridized carbons (Fsp3) is 0.333. The fourth-order valence-corrected chi connectivity index (χ4v) is 3.91. The molecule has 0 aliphatic carbocycles. The van der Waals surface area contributed by atoms with Crippen LogP contribution < -0.4 is 18.9 Å². The summed E-state index contributed by atoms with van der Waals surface area (Å²) < 4.78 is 23.3. The monoisotopic (exact) mass is 368 g/mol. The number of rotatable bonds is 3. The van der Waals surface area contributed by atoms with E-state index >= 15 is 0 Å². The first kappa shape index (κ1) is 16.3. The lowest BCUT2D eigenvalue weighted by atomic mass is 9.87. The summed E-state index contributed by atoms with van der Waals surface area (Å²) in [6, 6.07) is 7.40. The molecule has 0 saturated heterocycles. The molecule has 5 rings (SSSR count). The number of aliphatic hydroxyl groups excluding tert-OH is 1. The molecule has 2 aromatic rings. The van der Waals surface area contributed by atoms with E-state index in [9.17, 15) is 10.2 Å². The molecule has 3 aliphatic heterocycles. The number of phenolic OH excluding ortho intramolecular Hbond substituents is 1. The Hall–Kier alpha value is -2.86. The lowest BCUT2D eigenvalue weighted by molar-refractivity contribution is 0.137. The highest BCUT2D eigenvalue weighted by molar-refractivity contribution is 5.59. The van der Waals surface area contributed by atoms with E-state index in [0.717, 1.165) is 28.2 Å². The van der Waals surface area contributed by atoms with Crippen molar-refractivity contribution in [3.63, 3.8) is 0 Å². The Bertz CT molecular complexity index is 948. The van der Waals surface area contributed by atoms with Gasteiger partial charge in [0.2, 0.25) is 6.79 Å². The van der Waals surface area contributed by atoms with Crippen LogP contribution in [0.25, 0.3) is 0 Å². The van der Waals surface area contributed by atoms with Crippen LogP contribution in [-0.2, 0) is 6.42 Å². The highest BCUT2D eigenvalue weighted by Crippen LogP contribution is 2.55. The van der Waals surface area contributed by atoms with E-state index in [1.165, 1.54) is 0 Å². The smallest absolute Gasteiger partial charge is 0.231 e. The van der Waals surface area contributed by atoms with Crippen molar-refractivity contribution in [3.8, 4) is 28.7 Å². The van der Waals surface area contributed by atoms with Crippen molar-refractivity contribution in [2.24, 2.45) is 0 Å². The molecule has 3 aliphatic rings. The molecule has 3 heterocycles. The zero-order valence-corrected chi connectivity index (χ0v) is 14.9. The predicted molar refractivity (Wildman–Crippen MR) is 96.8 cm³/mol. The van der Waals surface area contributed by atoms with Gasteiger partial charge in [0.15, 0.2) is 11.5 Å². The minimum Gasteiger partial charge on any atom is -0.508 e. The van der Waals surface area contributed by atoms with Gasteiger partial charge in [0.05, 0.1) is 19.1 Å². The van der Waals surface area contributed by atoms with E-state index in [-0.39, 0.29) is 31.2 Å². The fourth-order valence-electron chi connectivity index (χ4n) is 3.91. The van der Waals surface area contributed by atoms with Gasteiger partial charge < -0.3 is 29.2 Å². The average Bonchev–Trinajstić information content (AvgIpc) is 3.28. The summed E-state index contributed by atoms with van der Waals surface area (Å²) in [5, 5.41) is 19.5. The van der Waals surface area contributed by atoms with Crippen LogP contribution in [0.3, 0.4) is 0 Å². The Kier molecular flexibility index (Phi) is 3.68. The Morgan fingerprint density at radius 2 is 1.93 bits per heavy atom. The van der Waals surface area contributed by atoms with Gasteiger partial charge in [-0.3, -0.25) is 0 Å². The van der Waals surface area contributed by atoms with Crippen molar-refractivity contribution < 1.29 is 29.2 Å². The summed E-state index contributed by atoms with van der Waals surface area (Å²) in [5.41, 5.74) is 3.54. The number of hydrogen-bond donors (Lipinski definition) is 2. The van der Waals surface area contributed by atoms with Gasteiger partial charge in [0.25, 0.3) is 0 Å². The number of aliphatic hydroxyl groups is 1. The zero-order chi connectivity index (χ0) is 18.5. The van der Waals surface area contributed by atoms with Gasteiger partial charge in [0.1, 0.15) is 23.4 Å². The number of fused-ring (bicyclic) bond motifs is 6. The summed E-state index contributed by atoms with van der Waals surface area (Å²) >= 11 is 0. The van der Waals surface area contributed by atoms with Gasteiger partial charge in [-0.05, 0) is 31.5 Å². The molecule has 0 radical (unpaired) electrons. The summed E-state index contributed by atoms with van der Waals surface area (Å²) in [4.78, 5) is 0. The number of benzene rings is 2. The first-order valence-corrected chi connectivity index (χ1v) is 9.00. The van der Waals surface area contributed by atoms with Crippen molar-refractivity contribution in [2.75, 3.05) is 20.0 Å². The molecule has 0 fully saturated rings. The number of hydrogen-bond acceptors (Lipinski definition) is 6. The second-order valence-electron chi connectivity index (χ2n) is 7.09. The molecule has 6 nitrogen and oxygen atoms in total. The highest BCUT2D eigenvalue weighted by atomic mass is 16.7. The predicted octanol–water partition coefficient (Wildman–Crippen LogP) is 3.21. The molecule has 2 aromatic carbocycles. The molecular formula is C21H20O6. The molecule has 27 heavy (non-hydrogen) atoms. The summed E-state index contributed by atoms with van der Waals surface area (Å²) in [7, 11) is 0. The Morgan fingerprint density at radius 1 is 1.11 bits per heavy atom. The first-order valence-electron chi connectivity index (χ1n) is 9.00. The van der Waals surface area contributed by atoms with Crippen molar-refractivity contribution in [2.45, 2.75) is 25.4 Å². The van der Waals surface area contributed by atoms with Crippen molar-refractivity contribution >= 4 is 0 Å². The Labute approximate surface area is 156 Å². The lowest BCUT2D eigenvalue weighted by Crippen LogP contribution is -2.24. The number of phenols is 1. The molecule has 0 amide bonds. The van der Waals surface area contributed by atoms with E-state index < -0.39 is 0 Å². The molecule has 6 heteroatoms. The second-order valence-corrected chi connectivity index (χ2v) is 7.09. The molecule has 2 atom stereocenters. The molecular weight excluding hydrogens is 348 g/mol. The third-order valence-electron chi connectivity index (χ3n) is 5.41. The zero-order valence-electron chi connectivity index (χ0n) is 14.9. The Morgan fingerprint density at radius 3 is 2.74 bits per heavy atom. The molecule has 140 valence electrons. The molecule has 0 saturated carbocycles. The summed E-state index contributed by atoms with van der Waals surface area (Å²) in [6.07, 6.45) is 2.21. The minimum atomic E-state index is -0.173. The van der Waals surface area contributed by atoms with Crippen molar-refractivity contribution in [3.05, 3.63) is 52.6 Å². The Balaban J connectivity index is 1.53. The maximum atomic E-state index is 10.3. The molecule has 0 aromatic heterocycles. The van der Waals surface area contributed by atoms with E-state index in [2.05, 4.69) is 0 Å². The van der Waals surface area contributed by atoms with Gasteiger partial charge in [-0.25, -0.2) is 0 Å². The minimum absolute atomic E-state index is 0.00539. The van der Waals surface area contributed by atoms with E-state index in [1.807, 2.05) is 31.2 Å². The molecule has 0 bridgehead atoms. The lowest BCUT2D eigenvalue weighted by Gasteiger charge is -2.29. The summed E-state index contributed by atoms with van der Waals surface area (Å²) in [5.74, 6) is 3.14. The van der Waals surface area contributed by atoms with Crippen LogP contribution in [0.4, 0.5) is 0 Å². The van der Waals surface area contributed by atoms with Gasteiger partial charge in [-0.1, -0.05) is 11.6 Å². The quantitative estimate of drug-likeness (QED) is 0.810. The van der Waals surface area contributed by atoms with Crippen LogP contribution >= 0.6 is 0 Å². The highest BCUT2D eigenvalue weighted by Gasteiger charge is 2.42. The van der Waals surface area contributed by atoms with Gasteiger partial charge >= 0.3 is 0 Å². The maximum absolute atomic E-state index is 10.3. The van der Waals surface area contributed by atoms with Crippen LogP contribution in [0.2, 0.25) is 0 Å². The standard InChI is InChI=1S/C21H20O6/c1-11(8-22)2-3-12-16(23)5-4-13-20(12)24-9-15-14-6-18-19(26-10-25-18)7-17(14)27-21(13)15/h2,4-7,15,21-23H,3,8-10H2,1H3. The number of allylic oxidation sites excluding steroid dienone is 1. The third kappa shape index (κ3) is 2.51. The third-order valence-corrected chi connectivity index (χ3v) is 5.41. The van der Waals surface area contributed by atoms with Crippen LogP contribution in [0.1, 0.15) is 35.6 Å². The van der Waals surface area contributed by atoms with Crippen molar-refractivity contribution in [1.29, 1.82) is 0 Å². The second kappa shape index (κ2) is 6.09. The normalized spacial score (nSPS) is 21.8. The number of ether oxygens (including phenoxy) is 4. The number of aromatic hydroxyl groups is 1. The molecule has 2 N–H and O–H groups in total. The maximum Gasteiger partial charge on any atom is 0.231 e. The molecule has 0 spiro atoms. The van der Waals surface area contributed by atoms with Crippen molar-refractivity contribution in [1.82, 2.24) is 0 Å². The van der Waals surface area contributed by atoms with E-state index in [4.69, 9.17) is 18.9 Å². The van der Waals surface area contributed by atoms with E-state index in [0.29, 0.717) is 30.1 Å². The topological polar surface area (TPSA) is 77.4 Å². The van der Waals surface area contributed by atoms with Crippen LogP contribution in [0.15, 0.2) is 35.9 Å². The van der Waals surface area contributed by atoms with Gasteiger partial charge in [-0.2, -0.15) is 0 Å². The molecule has 2 unspecified atom stereocenters. The van der Waals surface area contributed by atoms with Crippen LogP contribution in [0.5, 0.6) is 28.7 Å². The van der Waals surface area contributed by atoms with Gasteiger partial charge in [-0.15, -0.1) is 0 Å². The SMILES string of the molecule is CC(=CCc1c(O)ccc2c1OCC1c3cc4c(cc3OC21)OCO4)CO. The largest absolute Gasteiger partial charge is 0.508 e. The average molecular weight is 368 g/mol. The van der Waals surface area contributed by atoms with Crippen LogP contribution in [0, 0.1) is 0 Å². The summed E-state index contributed by atoms with van der Waals surface area (Å²) in [6.45, 7) is 2.54. The first-order chi connectivity index (χ1) is 13.2. The van der Waals surface area contributed by atoms with Gasteiger partial charge in [0, 0.05) is 22.8 Å². The van der Waals surface area contributed by atoms with Crippen LogP contribution in [-0.4, -0.2) is 30.2 Å². The van der Waals surface area contributed by atoms with E-state index in [1.54, 1.807) is 6.07 Å².